The van der Waals surface area contributed by atoms with Crippen molar-refractivity contribution < 1.29 is 5.21 Å². The number of rotatable bonds is 7. The molecule has 0 amide bonds. The molecule has 0 radical (unpaired) electrons. The normalized spacial score (nSPS) is 11.9. The molecule has 1 rings (SSSR count). The second-order valence-electron chi connectivity index (χ2n) is 4.59. The van der Waals surface area contributed by atoms with E-state index in [1.54, 1.807) is 6.07 Å². The fourth-order valence-electron chi connectivity index (χ4n) is 2.04. The fraction of sp³-hybridized carbons (Fsp3) is 0.571. The summed E-state index contributed by atoms with van der Waals surface area (Å²) in [5, 5.41) is 11.7. The molecule has 19 heavy (non-hydrogen) atoms. The summed E-state index contributed by atoms with van der Waals surface area (Å²) in [6.07, 6.45) is 2.32. The van der Waals surface area contributed by atoms with E-state index in [9.17, 15) is 0 Å². The Labute approximate surface area is 115 Å². The van der Waals surface area contributed by atoms with Crippen molar-refractivity contribution >= 4 is 11.7 Å². The van der Waals surface area contributed by atoms with Gasteiger partial charge in [-0.1, -0.05) is 37.9 Å². The monoisotopic (exact) mass is 264 g/mol. The van der Waals surface area contributed by atoms with Crippen molar-refractivity contribution in [2.24, 2.45) is 16.8 Å². The molecule has 0 aromatic carbocycles. The van der Waals surface area contributed by atoms with Crippen molar-refractivity contribution in [3.8, 4) is 0 Å². The molecule has 106 valence electrons. The van der Waals surface area contributed by atoms with E-state index in [-0.39, 0.29) is 5.84 Å². The maximum atomic E-state index is 8.71. The van der Waals surface area contributed by atoms with Crippen LogP contribution in [0.15, 0.2) is 23.4 Å². The second-order valence-corrected chi connectivity index (χ2v) is 4.59. The van der Waals surface area contributed by atoms with Gasteiger partial charge in [0.15, 0.2) is 5.84 Å². The molecule has 0 aliphatic carbocycles. The van der Waals surface area contributed by atoms with Gasteiger partial charge in [0, 0.05) is 13.1 Å². The van der Waals surface area contributed by atoms with Crippen LogP contribution in [0.4, 0.5) is 5.82 Å². The zero-order valence-electron chi connectivity index (χ0n) is 12.0. The molecule has 1 aromatic rings. The lowest BCUT2D eigenvalue weighted by Gasteiger charge is -2.26. The number of hydrogen-bond acceptors (Lipinski definition) is 4. The highest BCUT2D eigenvalue weighted by molar-refractivity contribution is 5.95. The van der Waals surface area contributed by atoms with Crippen LogP contribution in [0.1, 0.15) is 39.3 Å². The number of amidine groups is 1. The van der Waals surface area contributed by atoms with E-state index in [4.69, 9.17) is 10.9 Å². The standard InChI is InChI=1S/C14H24N4O/c1-4-11(5-2)10-18(6-3)13-9-7-8-12(16-13)14(15)17-19/h7-9,11,19H,4-6,10H2,1-3H3,(H2,15,17). The molecule has 0 fully saturated rings. The zero-order valence-corrected chi connectivity index (χ0v) is 12.0. The molecule has 0 unspecified atom stereocenters. The highest BCUT2D eigenvalue weighted by Gasteiger charge is 2.12. The van der Waals surface area contributed by atoms with Gasteiger partial charge >= 0.3 is 0 Å². The third-order valence-corrected chi connectivity index (χ3v) is 3.44. The minimum atomic E-state index is 0.0421. The van der Waals surface area contributed by atoms with Crippen LogP contribution in [0.3, 0.4) is 0 Å². The molecule has 5 nitrogen and oxygen atoms in total. The summed E-state index contributed by atoms with van der Waals surface area (Å²) in [5.74, 6) is 1.58. The number of anilines is 1. The van der Waals surface area contributed by atoms with E-state index in [0.29, 0.717) is 11.6 Å². The highest BCUT2D eigenvalue weighted by atomic mass is 16.4. The molecule has 0 bridgehead atoms. The van der Waals surface area contributed by atoms with Gasteiger partial charge in [0.25, 0.3) is 0 Å². The molecule has 3 N–H and O–H groups in total. The van der Waals surface area contributed by atoms with Gasteiger partial charge in [-0.3, -0.25) is 0 Å². The lowest BCUT2D eigenvalue weighted by molar-refractivity contribution is 0.318. The van der Waals surface area contributed by atoms with Crippen LogP contribution in [0.2, 0.25) is 0 Å². The minimum absolute atomic E-state index is 0.0421. The lowest BCUT2D eigenvalue weighted by Crippen LogP contribution is -2.30. The molecule has 0 saturated carbocycles. The number of aromatic nitrogens is 1. The van der Waals surface area contributed by atoms with Crippen LogP contribution in [-0.4, -0.2) is 29.1 Å². The average Bonchev–Trinajstić information content (AvgIpc) is 2.48. The van der Waals surface area contributed by atoms with E-state index in [1.807, 2.05) is 12.1 Å². The Morgan fingerprint density at radius 3 is 2.58 bits per heavy atom. The topological polar surface area (TPSA) is 74.7 Å². The summed E-state index contributed by atoms with van der Waals surface area (Å²) >= 11 is 0. The molecule has 0 aliphatic heterocycles. The van der Waals surface area contributed by atoms with Gasteiger partial charge in [-0.2, -0.15) is 0 Å². The quantitative estimate of drug-likeness (QED) is 0.343. The van der Waals surface area contributed by atoms with Crippen LogP contribution in [0, 0.1) is 5.92 Å². The number of nitrogens with zero attached hydrogens (tertiary/aromatic N) is 3. The molecule has 0 aliphatic rings. The van der Waals surface area contributed by atoms with Crippen LogP contribution in [0.5, 0.6) is 0 Å². The van der Waals surface area contributed by atoms with E-state index < -0.39 is 0 Å². The van der Waals surface area contributed by atoms with E-state index in [0.717, 1.165) is 31.7 Å². The van der Waals surface area contributed by atoms with Crippen LogP contribution in [-0.2, 0) is 0 Å². The smallest absolute Gasteiger partial charge is 0.188 e. The summed E-state index contributed by atoms with van der Waals surface area (Å²) in [5.41, 5.74) is 6.08. The summed E-state index contributed by atoms with van der Waals surface area (Å²) < 4.78 is 0. The van der Waals surface area contributed by atoms with Crippen molar-refractivity contribution in [1.82, 2.24) is 4.98 Å². The first-order valence-electron chi connectivity index (χ1n) is 6.86. The third kappa shape index (κ3) is 4.12. The minimum Gasteiger partial charge on any atom is -0.409 e. The van der Waals surface area contributed by atoms with Gasteiger partial charge in [0.05, 0.1) is 0 Å². The average molecular weight is 264 g/mol. The first-order chi connectivity index (χ1) is 9.15. The SMILES string of the molecule is CCC(CC)CN(CC)c1cccc(C(N)=NO)n1. The van der Waals surface area contributed by atoms with Gasteiger partial charge in [0.1, 0.15) is 11.5 Å². The molecule has 0 atom stereocenters. The molecule has 1 heterocycles. The number of pyridine rings is 1. The maximum Gasteiger partial charge on any atom is 0.188 e. The van der Waals surface area contributed by atoms with Crippen molar-refractivity contribution in [1.29, 1.82) is 0 Å². The molecular weight excluding hydrogens is 240 g/mol. The molecule has 1 aromatic heterocycles. The molecule has 5 heteroatoms. The second kappa shape index (κ2) is 7.61. The van der Waals surface area contributed by atoms with Crippen molar-refractivity contribution in [3.05, 3.63) is 23.9 Å². The van der Waals surface area contributed by atoms with Crippen LogP contribution in [0.25, 0.3) is 0 Å². The summed E-state index contributed by atoms with van der Waals surface area (Å²) in [6, 6.07) is 5.58. The predicted molar refractivity (Wildman–Crippen MR) is 78.7 cm³/mol. The lowest BCUT2D eigenvalue weighted by atomic mass is 10.0. The molecule has 0 spiro atoms. The molecular formula is C14H24N4O. The number of oxime groups is 1. The Bertz CT molecular complexity index is 416. The zero-order chi connectivity index (χ0) is 14.3. The summed E-state index contributed by atoms with van der Waals surface area (Å²) in [6.45, 7) is 8.41. The summed E-state index contributed by atoms with van der Waals surface area (Å²) in [7, 11) is 0. The van der Waals surface area contributed by atoms with Crippen molar-refractivity contribution in [2.75, 3.05) is 18.0 Å². The Kier molecular flexibility index (Phi) is 6.12. The van der Waals surface area contributed by atoms with E-state index in [2.05, 4.69) is 35.8 Å². The Morgan fingerprint density at radius 1 is 1.37 bits per heavy atom. The largest absolute Gasteiger partial charge is 0.409 e. The van der Waals surface area contributed by atoms with Gasteiger partial charge < -0.3 is 15.8 Å². The Morgan fingerprint density at radius 2 is 2.05 bits per heavy atom. The van der Waals surface area contributed by atoms with Crippen LogP contribution < -0.4 is 10.6 Å². The van der Waals surface area contributed by atoms with Crippen LogP contribution >= 0.6 is 0 Å². The summed E-state index contributed by atoms with van der Waals surface area (Å²) in [4.78, 5) is 6.67. The van der Waals surface area contributed by atoms with E-state index >= 15 is 0 Å². The van der Waals surface area contributed by atoms with E-state index in [1.165, 1.54) is 0 Å². The Hall–Kier alpha value is -1.78. The van der Waals surface area contributed by atoms with Crippen molar-refractivity contribution in [3.63, 3.8) is 0 Å². The highest BCUT2D eigenvalue weighted by Crippen LogP contribution is 2.16. The maximum absolute atomic E-state index is 8.71. The number of nitrogens with two attached hydrogens (primary N) is 1. The molecule has 0 saturated heterocycles. The number of hydrogen-bond donors (Lipinski definition) is 2. The van der Waals surface area contributed by atoms with Crippen molar-refractivity contribution in [2.45, 2.75) is 33.6 Å². The van der Waals surface area contributed by atoms with Gasteiger partial charge in [0.2, 0.25) is 0 Å². The van der Waals surface area contributed by atoms with Gasteiger partial charge in [-0.05, 0) is 25.0 Å². The predicted octanol–water partition coefficient (Wildman–Crippen LogP) is 2.44. The fourth-order valence-corrected chi connectivity index (χ4v) is 2.04. The van der Waals surface area contributed by atoms with Gasteiger partial charge in [-0.15, -0.1) is 0 Å². The Balaban J connectivity index is 2.92. The first kappa shape index (κ1) is 15.3. The van der Waals surface area contributed by atoms with Gasteiger partial charge in [-0.25, -0.2) is 4.98 Å². The third-order valence-electron chi connectivity index (χ3n) is 3.44. The first-order valence-corrected chi connectivity index (χ1v) is 6.86.